The zero-order chi connectivity index (χ0) is 16.6. The van der Waals surface area contributed by atoms with Gasteiger partial charge in [-0.05, 0) is 27.7 Å². The van der Waals surface area contributed by atoms with E-state index in [0.717, 1.165) is 0 Å². The third kappa shape index (κ3) is 8.13. The molecular formula is C13H24N4O3S. The van der Waals surface area contributed by atoms with Crippen LogP contribution in [0.4, 0.5) is 4.79 Å². The molecule has 0 spiro atoms. The van der Waals surface area contributed by atoms with E-state index in [-0.39, 0.29) is 6.54 Å². The number of allylic oxidation sites excluding steroid dienone is 1. The Balaban J connectivity index is 4.47. The Morgan fingerprint density at radius 1 is 1.43 bits per heavy atom. The zero-order valence-corrected chi connectivity index (χ0v) is 13.9. The number of alkyl carbamates (subject to hydrolysis) is 1. The highest BCUT2D eigenvalue weighted by atomic mass is 32.1. The molecule has 0 saturated heterocycles. The average molecular weight is 316 g/mol. The van der Waals surface area contributed by atoms with Gasteiger partial charge in [0, 0.05) is 19.3 Å². The van der Waals surface area contributed by atoms with E-state index in [4.69, 9.17) is 22.7 Å². The van der Waals surface area contributed by atoms with E-state index in [1.807, 2.05) is 0 Å². The molecule has 0 aliphatic carbocycles. The van der Waals surface area contributed by atoms with Gasteiger partial charge < -0.3 is 31.2 Å². The normalized spacial score (nSPS) is 13.6. The third-order valence-corrected chi connectivity index (χ3v) is 2.57. The molecule has 0 rings (SSSR count). The average Bonchev–Trinajstić information content (AvgIpc) is 2.32. The minimum Gasteiger partial charge on any atom is -0.444 e. The molecule has 7 nitrogen and oxygen atoms in total. The number of aldehydes is 1. The predicted octanol–water partition coefficient (Wildman–Crippen LogP) is 0.405. The number of nitrogens with two attached hydrogens (primary N) is 1. The molecule has 0 aromatic heterocycles. The van der Waals surface area contributed by atoms with E-state index in [1.54, 1.807) is 34.7 Å². The second-order valence-electron chi connectivity index (χ2n) is 5.41. The first-order valence-electron chi connectivity index (χ1n) is 6.47. The smallest absolute Gasteiger partial charge is 0.408 e. The Morgan fingerprint density at radius 2 is 2.00 bits per heavy atom. The number of likely N-dealkylation sites (N-methyl/N-ethyl adjacent to an activating group) is 1. The second kappa shape index (κ2) is 8.46. The summed E-state index contributed by atoms with van der Waals surface area (Å²) in [5, 5.41) is 8.17. The van der Waals surface area contributed by atoms with Crippen LogP contribution in [0.15, 0.2) is 11.4 Å². The Labute approximate surface area is 130 Å². The molecular weight excluding hydrogens is 292 g/mol. The second-order valence-corrected chi connectivity index (χ2v) is 5.82. The number of rotatable bonds is 6. The summed E-state index contributed by atoms with van der Waals surface area (Å²) in [7, 11) is 1.69. The molecule has 8 heteroatoms. The van der Waals surface area contributed by atoms with Crippen LogP contribution in [-0.2, 0) is 9.53 Å². The molecule has 1 amide bonds. The number of amides is 1. The fraction of sp³-hybridized carbons (Fsp3) is 0.615. The monoisotopic (exact) mass is 316 g/mol. The molecule has 1 atom stereocenters. The lowest BCUT2D eigenvalue weighted by atomic mass is 10.2. The molecule has 0 fully saturated rings. The molecule has 21 heavy (non-hydrogen) atoms. The van der Waals surface area contributed by atoms with Gasteiger partial charge in [-0.3, -0.25) is 0 Å². The largest absolute Gasteiger partial charge is 0.444 e. The fourth-order valence-corrected chi connectivity index (χ4v) is 1.72. The van der Waals surface area contributed by atoms with Crippen molar-refractivity contribution in [3.8, 4) is 0 Å². The van der Waals surface area contributed by atoms with Gasteiger partial charge in [-0.15, -0.1) is 0 Å². The Morgan fingerprint density at radius 3 is 2.38 bits per heavy atom. The molecule has 0 unspecified atom stereocenters. The van der Waals surface area contributed by atoms with Crippen molar-refractivity contribution < 1.29 is 14.3 Å². The van der Waals surface area contributed by atoms with E-state index >= 15 is 0 Å². The van der Waals surface area contributed by atoms with Crippen LogP contribution in [0.25, 0.3) is 0 Å². The minimum absolute atomic E-state index is 0.139. The van der Waals surface area contributed by atoms with Crippen LogP contribution >= 0.6 is 12.2 Å². The van der Waals surface area contributed by atoms with Crippen molar-refractivity contribution in [1.82, 2.24) is 16.0 Å². The molecule has 0 saturated carbocycles. The summed E-state index contributed by atoms with van der Waals surface area (Å²) in [6.45, 7) is 7.06. The van der Waals surface area contributed by atoms with Crippen molar-refractivity contribution in [2.45, 2.75) is 39.3 Å². The molecule has 0 aliphatic heterocycles. The molecule has 5 N–H and O–H groups in total. The molecule has 0 heterocycles. The number of hydrogen-bond acceptors (Lipinski definition) is 6. The van der Waals surface area contributed by atoms with E-state index in [2.05, 4.69) is 16.0 Å². The summed E-state index contributed by atoms with van der Waals surface area (Å²) in [5.74, 6) is 0. The summed E-state index contributed by atoms with van der Waals surface area (Å²) >= 11 is 5.15. The van der Waals surface area contributed by atoms with E-state index < -0.39 is 17.7 Å². The number of carbonyl (C=O) groups excluding carboxylic acids is 2. The molecule has 0 radical (unpaired) electrons. The van der Waals surface area contributed by atoms with Gasteiger partial charge in [0.1, 0.15) is 22.9 Å². The summed E-state index contributed by atoms with van der Waals surface area (Å²) in [5.41, 5.74) is 6.14. The molecule has 0 bridgehead atoms. The number of ether oxygens (including phenoxy) is 1. The predicted molar refractivity (Wildman–Crippen MR) is 85.8 cm³/mol. The third-order valence-electron chi connectivity index (χ3n) is 2.22. The molecule has 120 valence electrons. The highest BCUT2D eigenvalue weighted by Crippen LogP contribution is 2.06. The first-order valence-corrected chi connectivity index (χ1v) is 6.88. The maximum Gasteiger partial charge on any atom is 0.408 e. The van der Waals surface area contributed by atoms with Crippen molar-refractivity contribution in [1.29, 1.82) is 0 Å². The quantitative estimate of drug-likeness (QED) is 0.319. The van der Waals surface area contributed by atoms with Gasteiger partial charge >= 0.3 is 6.09 Å². The lowest BCUT2D eigenvalue weighted by Crippen LogP contribution is -2.47. The van der Waals surface area contributed by atoms with Crippen molar-refractivity contribution in [3.05, 3.63) is 11.4 Å². The standard InChI is InChI=1S/C13H24N4O3S/c1-8(14)10(15-5)11(21)16-6-9(7-18)17-12(19)20-13(2,3)4/h7,9,15H,6,14H2,1-5H3,(H,16,21)(H,17,19)/t9-/m0/s1. The Hall–Kier alpha value is -1.83. The van der Waals surface area contributed by atoms with E-state index in [0.29, 0.717) is 22.7 Å². The van der Waals surface area contributed by atoms with Crippen molar-refractivity contribution in [2.24, 2.45) is 5.73 Å². The van der Waals surface area contributed by atoms with E-state index in [9.17, 15) is 9.59 Å². The Bertz CT molecular complexity index is 426. The molecule has 0 aliphatic rings. The van der Waals surface area contributed by atoms with Crippen molar-refractivity contribution in [2.75, 3.05) is 13.6 Å². The van der Waals surface area contributed by atoms with Gasteiger partial charge in [0.2, 0.25) is 0 Å². The summed E-state index contributed by atoms with van der Waals surface area (Å²) in [6.07, 6.45) is -0.0517. The van der Waals surface area contributed by atoms with Gasteiger partial charge in [0.25, 0.3) is 0 Å². The van der Waals surface area contributed by atoms with Crippen molar-refractivity contribution >= 4 is 29.6 Å². The van der Waals surface area contributed by atoms with Crippen LogP contribution < -0.4 is 21.7 Å². The zero-order valence-electron chi connectivity index (χ0n) is 13.1. The van der Waals surface area contributed by atoms with Gasteiger partial charge in [-0.1, -0.05) is 12.2 Å². The van der Waals surface area contributed by atoms with Crippen LogP contribution in [-0.4, -0.2) is 42.6 Å². The van der Waals surface area contributed by atoms with Gasteiger partial charge in [-0.25, -0.2) is 4.79 Å². The summed E-state index contributed by atoms with van der Waals surface area (Å²) in [6, 6.07) is -0.756. The number of thiocarbonyl (C=S) groups is 1. The SMILES string of the molecule is CNC(C(=S)NC[C@@H](C=O)NC(=O)OC(C)(C)C)=C(C)N. The Kier molecular flexibility index (Phi) is 7.72. The first-order chi connectivity index (χ1) is 9.60. The first kappa shape index (κ1) is 19.2. The highest BCUT2D eigenvalue weighted by molar-refractivity contribution is 7.80. The molecule has 0 aromatic carbocycles. The van der Waals surface area contributed by atoms with Gasteiger partial charge in [0.15, 0.2) is 0 Å². The van der Waals surface area contributed by atoms with Gasteiger partial charge in [0.05, 0.1) is 5.70 Å². The summed E-state index contributed by atoms with van der Waals surface area (Å²) < 4.78 is 5.07. The van der Waals surface area contributed by atoms with Crippen molar-refractivity contribution in [3.63, 3.8) is 0 Å². The van der Waals surface area contributed by atoms with Crippen LogP contribution in [0.5, 0.6) is 0 Å². The minimum atomic E-state index is -0.756. The summed E-state index contributed by atoms with van der Waals surface area (Å²) in [4.78, 5) is 22.9. The number of carbonyl (C=O) groups is 2. The number of nitrogens with one attached hydrogen (secondary N) is 3. The topological polar surface area (TPSA) is 105 Å². The fourth-order valence-electron chi connectivity index (χ4n) is 1.37. The maximum atomic E-state index is 11.6. The van der Waals surface area contributed by atoms with Crippen LogP contribution in [0.2, 0.25) is 0 Å². The van der Waals surface area contributed by atoms with Crippen LogP contribution in [0.3, 0.4) is 0 Å². The van der Waals surface area contributed by atoms with Gasteiger partial charge in [-0.2, -0.15) is 0 Å². The number of hydrogen-bond donors (Lipinski definition) is 4. The van der Waals surface area contributed by atoms with E-state index in [1.165, 1.54) is 0 Å². The lowest BCUT2D eigenvalue weighted by molar-refractivity contribution is -0.109. The van der Waals surface area contributed by atoms with Crippen LogP contribution in [0, 0.1) is 0 Å². The van der Waals surface area contributed by atoms with Crippen LogP contribution in [0.1, 0.15) is 27.7 Å². The molecule has 0 aromatic rings. The lowest BCUT2D eigenvalue weighted by Gasteiger charge is -2.22. The highest BCUT2D eigenvalue weighted by Gasteiger charge is 2.19. The maximum absolute atomic E-state index is 11.6.